The standard InChI is InChI=1S/C15H22N2O.ClH/c1-3-17(15(18)14-9-6-10-16-14)11-13-8-5-4-7-12(13)2;/h4-5,7-8,14,16H,3,6,9-11H2,1-2H3;1H. The van der Waals surface area contributed by atoms with Crippen LogP contribution in [0.2, 0.25) is 0 Å². The summed E-state index contributed by atoms with van der Waals surface area (Å²) in [5, 5.41) is 3.28. The minimum atomic E-state index is 0. The first kappa shape index (κ1) is 16.0. The monoisotopic (exact) mass is 282 g/mol. The average Bonchev–Trinajstić information content (AvgIpc) is 2.91. The fraction of sp³-hybridized carbons (Fsp3) is 0.533. The van der Waals surface area contributed by atoms with Crippen LogP contribution in [0.25, 0.3) is 0 Å². The van der Waals surface area contributed by atoms with Gasteiger partial charge in [0.25, 0.3) is 0 Å². The van der Waals surface area contributed by atoms with Crippen LogP contribution in [0.3, 0.4) is 0 Å². The zero-order valence-electron chi connectivity index (χ0n) is 11.7. The predicted molar refractivity (Wildman–Crippen MR) is 80.5 cm³/mol. The Hall–Kier alpha value is -1.06. The van der Waals surface area contributed by atoms with Crippen molar-refractivity contribution in [1.29, 1.82) is 0 Å². The Morgan fingerprint density at radius 1 is 1.42 bits per heavy atom. The summed E-state index contributed by atoms with van der Waals surface area (Å²) in [7, 11) is 0. The number of likely N-dealkylation sites (N-methyl/N-ethyl adjacent to an activating group) is 1. The lowest BCUT2D eigenvalue weighted by Gasteiger charge is -2.25. The molecule has 0 aliphatic carbocycles. The zero-order chi connectivity index (χ0) is 13.0. The van der Waals surface area contributed by atoms with Gasteiger partial charge < -0.3 is 10.2 Å². The summed E-state index contributed by atoms with van der Waals surface area (Å²) < 4.78 is 0. The van der Waals surface area contributed by atoms with Crippen molar-refractivity contribution in [1.82, 2.24) is 10.2 Å². The van der Waals surface area contributed by atoms with Gasteiger partial charge in [0.1, 0.15) is 0 Å². The molecule has 0 spiro atoms. The van der Waals surface area contributed by atoms with E-state index in [0.717, 1.165) is 32.5 Å². The number of nitrogens with one attached hydrogen (secondary N) is 1. The summed E-state index contributed by atoms with van der Waals surface area (Å²) in [6.45, 7) is 6.61. The van der Waals surface area contributed by atoms with Crippen molar-refractivity contribution >= 4 is 18.3 Å². The van der Waals surface area contributed by atoms with E-state index in [1.165, 1.54) is 11.1 Å². The molecule has 19 heavy (non-hydrogen) atoms. The fourth-order valence-corrected chi connectivity index (χ4v) is 2.45. The summed E-state index contributed by atoms with van der Waals surface area (Å²) in [4.78, 5) is 14.3. The number of carbonyl (C=O) groups excluding carboxylic acids is 1. The van der Waals surface area contributed by atoms with Crippen LogP contribution in [-0.4, -0.2) is 29.9 Å². The molecule has 1 N–H and O–H groups in total. The third-order valence-electron chi connectivity index (χ3n) is 3.67. The third-order valence-corrected chi connectivity index (χ3v) is 3.67. The van der Waals surface area contributed by atoms with E-state index in [1.807, 2.05) is 24.0 Å². The van der Waals surface area contributed by atoms with Crippen LogP contribution in [-0.2, 0) is 11.3 Å². The Bertz CT molecular complexity index is 416. The molecule has 1 aromatic rings. The average molecular weight is 283 g/mol. The molecule has 0 bridgehead atoms. The van der Waals surface area contributed by atoms with Crippen molar-refractivity contribution in [2.24, 2.45) is 0 Å². The van der Waals surface area contributed by atoms with Crippen LogP contribution in [0.1, 0.15) is 30.9 Å². The number of hydrogen-bond donors (Lipinski definition) is 1. The van der Waals surface area contributed by atoms with Gasteiger partial charge in [0, 0.05) is 13.1 Å². The lowest BCUT2D eigenvalue weighted by Crippen LogP contribution is -2.43. The summed E-state index contributed by atoms with van der Waals surface area (Å²) in [6, 6.07) is 8.31. The van der Waals surface area contributed by atoms with Crippen molar-refractivity contribution in [3.8, 4) is 0 Å². The molecular weight excluding hydrogens is 260 g/mol. The van der Waals surface area contributed by atoms with E-state index < -0.39 is 0 Å². The minimum absolute atomic E-state index is 0. The van der Waals surface area contributed by atoms with E-state index in [-0.39, 0.29) is 24.4 Å². The van der Waals surface area contributed by atoms with Crippen LogP contribution in [0, 0.1) is 6.92 Å². The maximum Gasteiger partial charge on any atom is 0.239 e. The van der Waals surface area contributed by atoms with Gasteiger partial charge >= 0.3 is 0 Å². The Balaban J connectivity index is 0.00000180. The highest BCUT2D eigenvalue weighted by molar-refractivity contribution is 5.85. The van der Waals surface area contributed by atoms with Crippen molar-refractivity contribution in [2.45, 2.75) is 39.3 Å². The predicted octanol–water partition coefficient (Wildman–Crippen LogP) is 2.52. The maximum atomic E-state index is 12.4. The Labute approximate surface area is 121 Å². The van der Waals surface area contributed by atoms with Gasteiger partial charge in [-0.05, 0) is 44.4 Å². The topological polar surface area (TPSA) is 32.3 Å². The lowest BCUT2D eigenvalue weighted by molar-refractivity contribution is -0.133. The number of halogens is 1. The molecule has 1 aliphatic rings. The molecule has 1 saturated heterocycles. The number of amides is 1. The van der Waals surface area contributed by atoms with Gasteiger partial charge in [0.15, 0.2) is 0 Å². The van der Waals surface area contributed by atoms with Crippen LogP contribution in [0.5, 0.6) is 0 Å². The molecule has 4 heteroatoms. The molecule has 106 valence electrons. The molecular formula is C15H23ClN2O. The maximum absolute atomic E-state index is 12.4. The van der Waals surface area contributed by atoms with E-state index in [1.54, 1.807) is 0 Å². The van der Waals surface area contributed by atoms with E-state index in [4.69, 9.17) is 0 Å². The number of nitrogens with zero attached hydrogens (tertiary/aromatic N) is 1. The minimum Gasteiger partial charge on any atom is -0.337 e. The fourth-order valence-electron chi connectivity index (χ4n) is 2.45. The first-order valence-electron chi connectivity index (χ1n) is 6.79. The van der Waals surface area contributed by atoms with E-state index in [0.29, 0.717) is 0 Å². The number of rotatable bonds is 4. The highest BCUT2D eigenvalue weighted by Gasteiger charge is 2.26. The molecule has 1 heterocycles. The second-order valence-corrected chi connectivity index (χ2v) is 4.93. The smallest absolute Gasteiger partial charge is 0.239 e. The summed E-state index contributed by atoms with van der Waals surface area (Å²) >= 11 is 0. The molecule has 1 atom stereocenters. The van der Waals surface area contributed by atoms with Crippen molar-refractivity contribution in [3.05, 3.63) is 35.4 Å². The number of aryl methyl sites for hydroxylation is 1. The van der Waals surface area contributed by atoms with Gasteiger partial charge in [0.05, 0.1) is 6.04 Å². The van der Waals surface area contributed by atoms with Crippen LogP contribution in [0.15, 0.2) is 24.3 Å². The van der Waals surface area contributed by atoms with Crippen molar-refractivity contribution < 1.29 is 4.79 Å². The Morgan fingerprint density at radius 2 is 2.16 bits per heavy atom. The quantitative estimate of drug-likeness (QED) is 0.920. The molecule has 1 aromatic carbocycles. The van der Waals surface area contributed by atoms with Gasteiger partial charge in [-0.3, -0.25) is 4.79 Å². The van der Waals surface area contributed by atoms with Crippen molar-refractivity contribution in [2.75, 3.05) is 13.1 Å². The molecule has 1 amide bonds. The first-order valence-corrected chi connectivity index (χ1v) is 6.79. The van der Waals surface area contributed by atoms with Gasteiger partial charge in [-0.15, -0.1) is 12.4 Å². The summed E-state index contributed by atoms with van der Waals surface area (Å²) in [6.07, 6.45) is 2.08. The van der Waals surface area contributed by atoms with Crippen LogP contribution in [0.4, 0.5) is 0 Å². The van der Waals surface area contributed by atoms with Gasteiger partial charge in [-0.2, -0.15) is 0 Å². The molecule has 1 aliphatic heterocycles. The largest absolute Gasteiger partial charge is 0.337 e. The number of benzene rings is 1. The third kappa shape index (κ3) is 3.95. The molecule has 1 unspecified atom stereocenters. The lowest BCUT2D eigenvalue weighted by atomic mass is 10.1. The first-order chi connectivity index (χ1) is 8.72. The second-order valence-electron chi connectivity index (χ2n) is 4.93. The van der Waals surface area contributed by atoms with Crippen molar-refractivity contribution in [3.63, 3.8) is 0 Å². The van der Waals surface area contributed by atoms with E-state index >= 15 is 0 Å². The number of carbonyl (C=O) groups is 1. The molecule has 0 aromatic heterocycles. The molecule has 3 nitrogen and oxygen atoms in total. The Kier molecular flexibility index (Phi) is 6.32. The summed E-state index contributed by atoms with van der Waals surface area (Å²) in [5.41, 5.74) is 2.49. The highest BCUT2D eigenvalue weighted by Crippen LogP contribution is 2.14. The number of hydrogen-bond acceptors (Lipinski definition) is 2. The Morgan fingerprint density at radius 3 is 2.74 bits per heavy atom. The SMILES string of the molecule is CCN(Cc1ccccc1C)C(=O)C1CCCN1.Cl. The zero-order valence-corrected chi connectivity index (χ0v) is 12.5. The molecule has 1 fully saturated rings. The van der Waals surface area contributed by atoms with Gasteiger partial charge in [0.2, 0.25) is 5.91 Å². The van der Waals surface area contributed by atoms with E-state index in [9.17, 15) is 4.79 Å². The summed E-state index contributed by atoms with van der Waals surface area (Å²) in [5.74, 6) is 0.248. The highest BCUT2D eigenvalue weighted by atomic mass is 35.5. The van der Waals surface area contributed by atoms with Gasteiger partial charge in [-0.1, -0.05) is 24.3 Å². The molecule has 0 radical (unpaired) electrons. The van der Waals surface area contributed by atoms with Gasteiger partial charge in [-0.25, -0.2) is 0 Å². The molecule has 2 rings (SSSR count). The van der Waals surface area contributed by atoms with Crippen LogP contribution < -0.4 is 5.32 Å². The van der Waals surface area contributed by atoms with E-state index in [2.05, 4.69) is 24.4 Å². The normalized spacial score (nSPS) is 17.9. The second kappa shape index (κ2) is 7.51. The molecule has 0 saturated carbocycles. The van der Waals surface area contributed by atoms with Crippen LogP contribution >= 0.6 is 12.4 Å².